The van der Waals surface area contributed by atoms with Crippen molar-refractivity contribution in [2.45, 2.75) is 51.3 Å². The quantitative estimate of drug-likeness (QED) is 0.641. The molecule has 168 valence electrons. The number of nitrogens with one attached hydrogen (secondary N) is 1. The van der Waals surface area contributed by atoms with Crippen molar-refractivity contribution in [3.05, 3.63) is 45.8 Å². The Kier molecular flexibility index (Phi) is 7.51. The molecule has 7 nitrogen and oxygen atoms in total. The zero-order chi connectivity index (χ0) is 22.6. The SMILES string of the molecule is CCOC(=O)c1c(NC(=O)c2cccc(S(=O)(=O)N3CCCCCC3)c2)sc(C)c1C. The van der Waals surface area contributed by atoms with E-state index in [1.54, 1.807) is 19.1 Å². The van der Waals surface area contributed by atoms with Crippen molar-refractivity contribution in [2.24, 2.45) is 0 Å². The van der Waals surface area contributed by atoms with Gasteiger partial charge in [-0.25, -0.2) is 13.2 Å². The number of anilines is 1. The Bertz CT molecular complexity index is 1070. The number of hydrogen-bond acceptors (Lipinski definition) is 6. The molecule has 1 aromatic carbocycles. The first kappa shape index (κ1) is 23.4. The van der Waals surface area contributed by atoms with Gasteiger partial charge in [-0.2, -0.15) is 4.31 Å². The molecular formula is C22H28N2O5S2. The Labute approximate surface area is 187 Å². The number of thiophene rings is 1. The Morgan fingerprint density at radius 1 is 1.13 bits per heavy atom. The average molecular weight is 465 g/mol. The van der Waals surface area contributed by atoms with Gasteiger partial charge < -0.3 is 10.1 Å². The van der Waals surface area contributed by atoms with Crippen LogP contribution in [0.15, 0.2) is 29.2 Å². The summed E-state index contributed by atoms with van der Waals surface area (Å²) in [5.41, 5.74) is 1.32. The van der Waals surface area contributed by atoms with Crippen LogP contribution in [0.3, 0.4) is 0 Å². The molecule has 1 fully saturated rings. The van der Waals surface area contributed by atoms with E-state index in [2.05, 4.69) is 5.32 Å². The molecule has 2 heterocycles. The summed E-state index contributed by atoms with van der Waals surface area (Å²) in [5.74, 6) is -0.961. The molecule has 0 bridgehead atoms. The van der Waals surface area contributed by atoms with Gasteiger partial charge in [0.25, 0.3) is 5.91 Å². The molecule has 0 aliphatic carbocycles. The number of carbonyl (C=O) groups is 2. The van der Waals surface area contributed by atoms with Crippen molar-refractivity contribution in [2.75, 3.05) is 25.0 Å². The highest BCUT2D eigenvalue weighted by molar-refractivity contribution is 7.89. The Balaban J connectivity index is 1.86. The summed E-state index contributed by atoms with van der Waals surface area (Å²) in [7, 11) is -3.66. The summed E-state index contributed by atoms with van der Waals surface area (Å²) in [6.45, 7) is 6.62. The third-order valence-corrected chi connectivity index (χ3v) is 8.41. The maximum atomic E-state index is 13.1. The number of benzene rings is 1. The van der Waals surface area contributed by atoms with Gasteiger partial charge in [0, 0.05) is 23.5 Å². The molecule has 0 unspecified atom stereocenters. The molecule has 31 heavy (non-hydrogen) atoms. The molecule has 1 aliphatic heterocycles. The minimum Gasteiger partial charge on any atom is -0.462 e. The lowest BCUT2D eigenvalue weighted by molar-refractivity contribution is 0.0527. The fourth-order valence-corrected chi connectivity index (χ4v) is 6.18. The zero-order valence-electron chi connectivity index (χ0n) is 18.1. The number of hydrogen-bond donors (Lipinski definition) is 1. The minimum atomic E-state index is -3.66. The molecule has 1 amide bonds. The highest BCUT2D eigenvalue weighted by atomic mass is 32.2. The fourth-order valence-electron chi connectivity index (χ4n) is 3.57. The highest BCUT2D eigenvalue weighted by Gasteiger charge is 2.27. The molecule has 0 spiro atoms. The van der Waals surface area contributed by atoms with Crippen molar-refractivity contribution in [3.8, 4) is 0 Å². The van der Waals surface area contributed by atoms with Gasteiger partial charge in [0.2, 0.25) is 10.0 Å². The number of aryl methyl sites for hydroxylation is 1. The summed E-state index contributed by atoms with van der Waals surface area (Å²) in [6, 6.07) is 6.04. The van der Waals surface area contributed by atoms with Crippen LogP contribution in [-0.4, -0.2) is 44.3 Å². The second-order valence-corrected chi connectivity index (χ2v) is 10.7. The monoisotopic (exact) mass is 464 g/mol. The van der Waals surface area contributed by atoms with Crippen LogP contribution in [-0.2, 0) is 14.8 Å². The number of nitrogens with zero attached hydrogens (tertiary/aromatic N) is 1. The molecule has 0 saturated carbocycles. The molecule has 0 radical (unpaired) electrons. The number of amides is 1. The van der Waals surface area contributed by atoms with Gasteiger partial charge in [-0.3, -0.25) is 4.79 Å². The summed E-state index contributed by atoms with van der Waals surface area (Å²) in [6.07, 6.45) is 3.73. The van der Waals surface area contributed by atoms with Crippen molar-refractivity contribution >= 4 is 38.2 Å². The summed E-state index contributed by atoms with van der Waals surface area (Å²) in [4.78, 5) is 26.3. The Hall–Kier alpha value is -2.23. The number of rotatable bonds is 6. The predicted octanol–water partition coefficient (Wildman–Crippen LogP) is 4.36. The van der Waals surface area contributed by atoms with E-state index in [0.717, 1.165) is 36.1 Å². The first-order chi connectivity index (χ1) is 14.8. The first-order valence-corrected chi connectivity index (χ1v) is 12.7. The van der Waals surface area contributed by atoms with E-state index in [1.165, 1.54) is 27.8 Å². The largest absolute Gasteiger partial charge is 0.462 e. The topological polar surface area (TPSA) is 92.8 Å². The molecule has 9 heteroatoms. The smallest absolute Gasteiger partial charge is 0.341 e. The van der Waals surface area contributed by atoms with Crippen LogP contribution in [0, 0.1) is 13.8 Å². The highest BCUT2D eigenvalue weighted by Crippen LogP contribution is 2.33. The van der Waals surface area contributed by atoms with E-state index in [0.29, 0.717) is 23.7 Å². The van der Waals surface area contributed by atoms with Crippen molar-refractivity contribution in [3.63, 3.8) is 0 Å². The lowest BCUT2D eigenvalue weighted by atomic mass is 10.1. The zero-order valence-corrected chi connectivity index (χ0v) is 19.7. The normalized spacial score (nSPS) is 15.3. The number of carbonyl (C=O) groups excluding carboxylic acids is 2. The minimum absolute atomic E-state index is 0.103. The maximum absolute atomic E-state index is 13.1. The average Bonchev–Trinajstić information content (AvgIpc) is 2.93. The van der Waals surface area contributed by atoms with E-state index in [4.69, 9.17) is 4.74 Å². The van der Waals surface area contributed by atoms with E-state index >= 15 is 0 Å². The summed E-state index contributed by atoms with van der Waals surface area (Å²) in [5, 5.41) is 3.17. The lowest BCUT2D eigenvalue weighted by Crippen LogP contribution is -2.32. The fraction of sp³-hybridized carbons (Fsp3) is 0.455. The maximum Gasteiger partial charge on any atom is 0.341 e. The number of ether oxygens (including phenoxy) is 1. The van der Waals surface area contributed by atoms with Crippen LogP contribution < -0.4 is 5.32 Å². The van der Waals surface area contributed by atoms with Crippen molar-refractivity contribution in [1.82, 2.24) is 4.31 Å². The van der Waals surface area contributed by atoms with Crippen LogP contribution in [0.5, 0.6) is 0 Å². The third-order valence-electron chi connectivity index (χ3n) is 5.39. The lowest BCUT2D eigenvalue weighted by Gasteiger charge is -2.20. The van der Waals surface area contributed by atoms with Crippen molar-refractivity contribution < 1.29 is 22.7 Å². The van der Waals surface area contributed by atoms with Gasteiger partial charge in [0.05, 0.1) is 17.1 Å². The van der Waals surface area contributed by atoms with Crippen LogP contribution in [0.1, 0.15) is 63.8 Å². The van der Waals surface area contributed by atoms with Gasteiger partial charge >= 0.3 is 5.97 Å². The van der Waals surface area contributed by atoms with E-state index in [1.807, 2.05) is 13.8 Å². The molecule has 1 aromatic heterocycles. The molecule has 2 aromatic rings. The molecule has 0 atom stereocenters. The molecule has 3 rings (SSSR count). The van der Waals surface area contributed by atoms with E-state index in [-0.39, 0.29) is 17.1 Å². The Morgan fingerprint density at radius 2 is 1.81 bits per heavy atom. The van der Waals surface area contributed by atoms with Crippen LogP contribution >= 0.6 is 11.3 Å². The molecule has 1 N–H and O–H groups in total. The van der Waals surface area contributed by atoms with Crippen LogP contribution in [0.4, 0.5) is 5.00 Å². The molecular weight excluding hydrogens is 436 g/mol. The van der Waals surface area contributed by atoms with E-state index < -0.39 is 21.9 Å². The second kappa shape index (κ2) is 9.93. The van der Waals surface area contributed by atoms with Gasteiger partial charge in [-0.15, -0.1) is 11.3 Å². The van der Waals surface area contributed by atoms with Gasteiger partial charge in [0.15, 0.2) is 0 Å². The van der Waals surface area contributed by atoms with Crippen LogP contribution in [0.2, 0.25) is 0 Å². The summed E-state index contributed by atoms with van der Waals surface area (Å²) >= 11 is 1.29. The van der Waals surface area contributed by atoms with Crippen molar-refractivity contribution in [1.29, 1.82) is 0 Å². The standard InChI is InChI=1S/C22H28N2O5S2/c1-4-29-22(26)19-15(2)16(3)30-21(19)23-20(25)17-10-9-11-18(14-17)31(27,28)24-12-7-5-6-8-13-24/h9-11,14H,4-8,12-13H2,1-3H3,(H,23,25). The van der Waals surface area contributed by atoms with Gasteiger partial charge in [-0.05, 0) is 57.4 Å². The van der Waals surface area contributed by atoms with E-state index in [9.17, 15) is 18.0 Å². The first-order valence-electron chi connectivity index (χ1n) is 10.4. The molecule has 1 saturated heterocycles. The third kappa shape index (κ3) is 5.16. The second-order valence-electron chi connectivity index (χ2n) is 7.51. The molecule has 1 aliphatic rings. The van der Waals surface area contributed by atoms with Gasteiger partial charge in [-0.1, -0.05) is 18.9 Å². The summed E-state index contributed by atoms with van der Waals surface area (Å²) < 4.78 is 32.8. The number of esters is 1. The van der Waals surface area contributed by atoms with Crippen LogP contribution in [0.25, 0.3) is 0 Å². The number of sulfonamides is 1. The predicted molar refractivity (Wildman–Crippen MR) is 121 cm³/mol. The Morgan fingerprint density at radius 3 is 2.45 bits per heavy atom. The van der Waals surface area contributed by atoms with Gasteiger partial charge in [0.1, 0.15) is 5.00 Å².